The molecule has 0 atom stereocenters. The molecule has 0 aliphatic heterocycles. The van der Waals surface area contributed by atoms with Crippen molar-refractivity contribution in [3.05, 3.63) is 42.4 Å². The van der Waals surface area contributed by atoms with E-state index in [2.05, 4.69) is 4.74 Å². The number of hydrogen-bond acceptors (Lipinski definition) is 3. The number of carbonyl (C=O) groups excluding carboxylic acids is 1. The summed E-state index contributed by atoms with van der Waals surface area (Å²) < 4.78 is 9.43. The molecule has 0 unspecified atom stereocenters. The van der Waals surface area contributed by atoms with Crippen LogP contribution in [-0.2, 0) is 9.53 Å². The fraction of sp³-hybridized carbons (Fsp3) is 0.100. The predicted octanol–water partition coefficient (Wildman–Crippen LogP) is 2.02. The van der Waals surface area contributed by atoms with Crippen molar-refractivity contribution in [2.45, 2.75) is 0 Å². The Labute approximate surface area is 76.3 Å². The summed E-state index contributed by atoms with van der Waals surface area (Å²) in [7, 11) is 1.34. The molecule has 0 saturated carbocycles. The predicted molar refractivity (Wildman–Crippen MR) is 48.9 cm³/mol. The van der Waals surface area contributed by atoms with Crippen LogP contribution in [0.15, 0.2) is 41.0 Å². The van der Waals surface area contributed by atoms with Crippen molar-refractivity contribution in [3.63, 3.8) is 0 Å². The Bertz CT molecular complexity index is 307. The van der Waals surface area contributed by atoms with Gasteiger partial charge in [0.25, 0.3) is 0 Å². The molecular weight excluding hydrogens is 168 g/mol. The number of hydrogen-bond donors (Lipinski definition) is 0. The van der Waals surface area contributed by atoms with E-state index in [1.165, 1.54) is 13.2 Å². The van der Waals surface area contributed by atoms with E-state index in [4.69, 9.17) is 4.42 Å². The molecule has 0 aliphatic carbocycles. The Hall–Kier alpha value is -1.77. The lowest BCUT2D eigenvalue weighted by Crippen LogP contribution is -1.92. The van der Waals surface area contributed by atoms with E-state index >= 15 is 0 Å². The van der Waals surface area contributed by atoms with Gasteiger partial charge in [-0.05, 0) is 18.2 Å². The van der Waals surface area contributed by atoms with Crippen LogP contribution in [0.2, 0.25) is 0 Å². The van der Waals surface area contributed by atoms with Gasteiger partial charge in [0, 0.05) is 6.08 Å². The molecule has 0 amide bonds. The van der Waals surface area contributed by atoms with E-state index in [0.717, 1.165) is 5.76 Å². The fourth-order valence-electron chi connectivity index (χ4n) is 0.739. The monoisotopic (exact) mass is 178 g/mol. The number of methoxy groups -OCH3 is 1. The summed E-state index contributed by atoms with van der Waals surface area (Å²) >= 11 is 0. The van der Waals surface area contributed by atoms with Crippen LogP contribution in [-0.4, -0.2) is 13.1 Å². The number of carbonyl (C=O) groups is 1. The van der Waals surface area contributed by atoms with Gasteiger partial charge in [-0.3, -0.25) is 0 Å². The number of furan rings is 1. The average Bonchev–Trinajstić information content (AvgIpc) is 2.64. The third-order valence-electron chi connectivity index (χ3n) is 1.35. The van der Waals surface area contributed by atoms with Gasteiger partial charge in [0.1, 0.15) is 5.76 Å². The molecule has 0 spiro atoms. The Morgan fingerprint density at radius 2 is 2.38 bits per heavy atom. The molecule has 68 valence electrons. The minimum atomic E-state index is -0.371. The summed E-state index contributed by atoms with van der Waals surface area (Å²) in [5, 5.41) is 0. The Morgan fingerprint density at radius 3 is 3.00 bits per heavy atom. The normalized spacial score (nSPS) is 11.2. The molecule has 1 heterocycles. The summed E-state index contributed by atoms with van der Waals surface area (Å²) in [5.74, 6) is 0.374. The number of allylic oxidation sites excluding steroid dienone is 2. The zero-order valence-corrected chi connectivity index (χ0v) is 7.27. The molecule has 3 nitrogen and oxygen atoms in total. The van der Waals surface area contributed by atoms with Crippen LogP contribution >= 0.6 is 0 Å². The van der Waals surface area contributed by atoms with Crippen LogP contribution < -0.4 is 0 Å². The van der Waals surface area contributed by atoms with Crippen molar-refractivity contribution in [1.82, 2.24) is 0 Å². The van der Waals surface area contributed by atoms with Crippen LogP contribution in [0.1, 0.15) is 5.76 Å². The maximum absolute atomic E-state index is 10.6. The van der Waals surface area contributed by atoms with Crippen LogP contribution in [0.25, 0.3) is 6.08 Å². The van der Waals surface area contributed by atoms with Crippen molar-refractivity contribution in [2.75, 3.05) is 7.11 Å². The van der Waals surface area contributed by atoms with Gasteiger partial charge in [0.2, 0.25) is 0 Å². The summed E-state index contributed by atoms with van der Waals surface area (Å²) in [6, 6.07) is 3.62. The molecule has 0 saturated heterocycles. The zero-order valence-electron chi connectivity index (χ0n) is 7.27. The highest BCUT2D eigenvalue weighted by Crippen LogP contribution is 2.01. The number of rotatable bonds is 3. The van der Waals surface area contributed by atoms with Gasteiger partial charge in [-0.2, -0.15) is 0 Å². The highest BCUT2D eigenvalue weighted by atomic mass is 16.5. The van der Waals surface area contributed by atoms with Crippen molar-refractivity contribution in [1.29, 1.82) is 0 Å². The molecular formula is C10H10O3. The summed E-state index contributed by atoms with van der Waals surface area (Å²) in [5.41, 5.74) is 0. The molecule has 1 aromatic rings. The Balaban J connectivity index is 2.42. The van der Waals surface area contributed by atoms with Gasteiger partial charge in [-0.1, -0.05) is 12.2 Å². The average molecular weight is 178 g/mol. The van der Waals surface area contributed by atoms with Crippen LogP contribution in [0.3, 0.4) is 0 Å². The van der Waals surface area contributed by atoms with Gasteiger partial charge < -0.3 is 9.15 Å². The molecule has 13 heavy (non-hydrogen) atoms. The smallest absolute Gasteiger partial charge is 0.330 e. The van der Waals surface area contributed by atoms with Crippen molar-refractivity contribution in [3.8, 4) is 0 Å². The second-order valence-electron chi connectivity index (χ2n) is 2.26. The zero-order chi connectivity index (χ0) is 9.52. The van der Waals surface area contributed by atoms with Gasteiger partial charge in [-0.25, -0.2) is 4.79 Å². The second kappa shape index (κ2) is 4.98. The lowest BCUT2D eigenvalue weighted by Gasteiger charge is -1.86. The van der Waals surface area contributed by atoms with Gasteiger partial charge >= 0.3 is 5.97 Å². The maximum atomic E-state index is 10.6. The minimum absolute atomic E-state index is 0.371. The van der Waals surface area contributed by atoms with Gasteiger partial charge in [-0.15, -0.1) is 0 Å². The Kier molecular flexibility index (Phi) is 3.57. The highest BCUT2D eigenvalue weighted by Gasteiger charge is 1.87. The van der Waals surface area contributed by atoms with Crippen molar-refractivity contribution in [2.24, 2.45) is 0 Å². The third-order valence-corrected chi connectivity index (χ3v) is 1.35. The first-order valence-electron chi connectivity index (χ1n) is 3.79. The first-order valence-corrected chi connectivity index (χ1v) is 3.79. The third kappa shape index (κ3) is 3.42. The fourth-order valence-corrected chi connectivity index (χ4v) is 0.739. The van der Waals surface area contributed by atoms with Crippen molar-refractivity contribution >= 4 is 12.0 Å². The molecule has 0 N–H and O–H groups in total. The number of esters is 1. The quantitative estimate of drug-likeness (QED) is 0.404. The minimum Gasteiger partial charge on any atom is -0.466 e. The van der Waals surface area contributed by atoms with Gasteiger partial charge in [0.05, 0.1) is 13.4 Å². The Morgan fingerprint density at radius 1 is 1.54 bits per heavy atom. The molecule has 3 heteroatoms. The second-order valence-corrected chi connectivity index (χ2v) is 2.26. The SMILES string of the molecule is COC(=O)C=CC=Cc1ccco1. The molecule has 1 rings (SSSR count). The van der Waals surface area contributed by atoms with E-state index in [-0.39, 0.29) is 5.97 Å². The summed E-state index contributed by atoms with van der Waals surface area (Å²) in [6.07, 6.45) is 7.96. The molecule has 0 fully saturated rings. The first-order chi connectivity index (χ1) is 6.33. The lowest BCUT2D eigenvalue weighted by atomic mass is 10.4. The number of ether oxygens (including phenoxy) is 1. The van der Waals surface area contributed by atoms with E-state index in [0.29, 0.717) is 0 Å². The lowest BCUT2D eigenvalue weighted by molar-refractivity contribution is -0.134. The first kappa shape index (κ1) is 9.32. The van der Waals surface area contributed by atoms with Gasteiger partial charge in [0.15, 0.2) is 0 Å². The van der Waals surface area contributed by atoms with Crippen LogP contribution in [0, 0.1) is 0 Å². The molecule has 0 radical (unpaired) electrons. The molecule has 1 aromatic heterocycles. The molecule has 0 bridgehead atoms. The molecule has 0 aliphatic rings. The summed E-state index contributed by atoms with van der Waals surface area (Å²) in [6.45, 7) is 0. The van der Waals surface area contributed by atoms with E-state index in [1.54, 1.807) is 30.6 Å². The van der Waals surface area contributed by atoms with Crippen molar-refractivity contribution < 1.29 is 13.9 Å². The summed E-state index contributed by atoms with van der Waals surface area (Å²) in [4.78, 5) is 10.6. The van der Waals surface area contributed by atoms with E-state index < -0.39 is 0 Å². The molecule has 0 aromatic carbocycles. The van der Waals surface area contributed by atoms with Crippen LogP contribution in [0.5, 0.6) is 0 Å². The van der Waals surface area contributed by atoms with Crippen LogP contribution in [0.4, 0.5) is 0 Å². The topological polar surface area (TPSA) is 39.4 Å². The standard InChI is InChI=1S/C10H10O3/c1-12-10(11)7-3-2-5-9-6-4-8-13-9/h2-8H,1H3. The van der Waals surface area contributed by atoms with E-state index in [9.17, 15) is 4.79 Å². The highest BCUT2D eigenvalue weighted by molar-refractivity contribution is 5.82. The maximum Gasteiger partial charge on any atom is 0.330 e. The van der Waals surface area contributed by atoms with E-state index in [1.807, 2.05) is 6.07 Å². The largest absolute Gasteiger partial charge is 0.466 e.